The second kappa shape index (κ2) is 11.0. The molecule has 0 radical (unpaired) electrons. The minimum absolute atomic E-state index is 0.157. The number of amides is 2. The smallest absolute Gasteiger partial charge is 0.252 e. The lowest BCUT2D eigenvalue weighted by Gasteiger charge is -2.32. The average Bonchev–Trinajstić information content (AvgIpc) is 2.86. The van der Waals surface area contributed by atoms with Crippen LogP contribution in [0.25, 0.3) is 0 Å². The van der Waals surface area contributed by atoms with Crippen LogP contribution in [0.3, 0.4) is 0 Å². The van der Waals surface area contributed by atoms with Gasteiger partial charge in [0.05, 0.1) is 14.2 Å². The first-order chi connectivity index (χ1) is 16.9. The molecule has 0 unspecified atom stereocenters. The molecule has 0 saturated heterocycles. The SMILES string of the molecule is COc1cc2c(cc1OC)CN(C(=O)[C@H](Cc1ccccc1)NC(=O)c1cc(Cl)cc(Cl)c1)CC2. The van der Waals surface area contributed by atoms with Crippen LogP contribution < -0.4 is 14.8 Å². The molecule has 3 aromatic rings. The molecular weight excluding hydrogens is 487 g/mol. The Morgan fingerprint density at radius 2 is 1.57 bits per heavy atom. The van der Waals surface area contributed by atoms with Crippen LogP contribution >= 0.6 is 23.2 Å². The Morgan fingerprint density at radius 1 is 0.943 bits per heavy atom. The van der Waals surface area contributed by atoms with Crippen molar-refractivity contribution in [2.24, 2.45) is 0 Å². The number of nitrogens with one attached hydrogen (secondary N) is 1. The molecule has 1 aliphatic heterocycles. The Labute approximate surface area is 214 Å². The van der Waals surface area contributed by atoms with Gasteiger partial charge in [-0.2, -0.15) is 0 Å². The van der Waals surface area contributed by atoms with Gasteiger partial charge in [0.2, 0.25) is 5.91 Å². The summed E-state index contributed by atoms with van der Waals surface area (Å²) in [5.41, 5.74) is 3.35. The Kier molecular flexibility index (Phi) is 7.83. The van der Waals surface area contributed by atoms with Gasteiger partial charge in [0.15, 0.2) is 11.5 Å². The molecule has 1 heterocycles. The van der Waals surface area contributed by atoms with E-state index in [9.17, 15) is 9.59 Å². The van der Waals surface area contributed by atoms with Crippen LogP contribution in [0.4, 0.5) is 0 Å². The largest absolute Gasteiger partial charge is 0.493 e. The number of methoxy groups -OCH3 is 2. The summed E-state index contributed by atoms with van der Waals surface area (Å²) >= 11 is 12.2. The molecule has 0 saturated carbocycles. The van der Waals surface area contributed by atoms with Crippen molar-refractivity contribution in [3.63, 3.8) is 0 Å². The number of hydrogen-bond acceptors (Lipinski definition) is 4. The zero-order valence-electron chi connectivity index (χ0n) is 19.5. The molecule has 6 nitrogen and oxygen atoms in total. The second-order valence-electron chi connectivity index (χ2n) is 8.36. The molecule has 1 N–H and O–H groups in total. The van der Waals surface area contributed by atoms with Gasteiger partial charge in [0.1, 0.15) is 6.04 Å². The molecule has 0 spiro atoms. The van der Waals surface area contributed by atoms with E-state index in [1.165, 1.54) is 12.1 Å². The maximum atomic E-state index is 13.7. The summed E-state index contributed by atoms with van der Waals surface area (Å²) in [6.07, 6.45) is 1.03. The Balaban J connectivity index is 1.58. The molecule has 3 aromatic carbocycles. The zero-order chi connectivity index (χ0) is 24.9. The third-order valence-electron chi connectivity index (χ3n) is 6.04. The normalized spacial score (nSPS) is 13.5. The number of nitrogens with zero attached hydrogens (tertiary/aromatic N) is 1. The topological polar surface area (TPSA) is 67.9 Å². The number of rotatable bonds is 7. The minimum Gasteiger partial charge on any atom is -0.493 e. The van der Waals surface area contributed by atoms with Gasteiger partial charge in [-0.1, -0.05) is 53.5 Å². The lowest BCUT2D eigenvalue weighted by Crippen LogP contribution is -2.50. The summed E-state index contributed by atoms with van der Waals surface area (Å²) < 4.78 is 10.9. The van der Waals surface area contributed by atoms with Gasteiger partial charge in [-0.05, 0) is 53.4 Å². The van der Waals surface area contributed by atoms with E-state index < -0.39 is 11.9 Å². The maximum Gasteiger partial charge on any atom is 0.252 e. The van der Waals surface area contributed by atoms with E-state index >= 15 is 0 Å². The number of carbonyl (C=O) groups excluding carboxylic acids is 2. The van der Waals surface area contributed by atoms with Crippen molar-refractivity contribution < 1.29 is 19.1 Å². The van der Waals surface area contributed by atoms with Crippen LogP contribution in [0.2, 0.25) is 10.0 Å². The van der Waals surface area contributed by atoms with Gasteiger partial charge >= 0.3 is 0 Å². The van der Waals surface area contributed by atoms with Crippen LogP contribution in [-0.2, 0) is 24.2 Å². The molecular formula is C27H26Cl2N2O4. The summed E-state index contributed by atoms with van der Waals surface area (Å²) in [6, 6.07) is 17.3. The molecule has 0 aliphatic carbocycles. The van der Waals surface area contributed by atoms with Gasteiger partial charge in [-0.15, -0.1) is 0 Å². The zero-order valence-corrected chi connectivity index (χ0v) is 21.0. The van der Waals surface area contributed by atoms with E-state index in [4.69, 9.17) is 32.7 Å². The van der Waals surface area contributed by atoms with Gasteiger partial charge in [0.25, 0.3) is 5.91 Å². The average molecular weight is 513 g/mol. The van der Waals surface area contributed by atoms with Gasteiger partial charge in [-0.25, -0.2) is 0 Å². The fraction of sp³-hybridized carbons (Fsp3) is 0.259. The summed E-state index contributed by atoms with van der Waals surface area (Å²) in [4.78, 5) is 28.5. The monoisotopic (exact) mass is 512 g/mol. The van der Waals surface area contributed by atoms with Crippen LogP contribution in [-0.4, -0.2) is 43.5 Å². The van der Waals surface area contributed by atoms with Crippen molar-refractivity contribution in [1.82, 2.24) is 10.2 Å². The van der Waals surface area contributed by atoms with E-state index in [0.717, 1.165) is 16.7 Å². The molecule has 1 aliphatic rings. The van der Waals surface area contributed by atoms with Gasteiger partial charge in [0, 0.05) is 35.1 Å². The van der Waals surface area contributed by atoms with Crippen molar-refractivity contribution in [3.8, 4) is 11.5 Å². The lowest BCUT2D eigenvalue weighted by atomic mass is 9.97. The first-order valence-corrected chi connectivity index (χ1v) is 12.0. The van der Waals surface area contributed by atoms with Crippen LogP contribution in [0.1, 0.15) is 27.0 Å². The maximum absolute atomic E-state index is 13.7. The molecule has 8 heteroatoms. The Morgan fingerprint density at radius 3 is 2.20 bits per heavy atom. The highest BCUT2D eigenvalue weighted by molar-refractivity contribution is 6.35. The molecule has 0 fully saturated rings. The third-order valence-corrected chi connectivity index (χ3v) is 6.48. The Hall–Kier alpha value is -3.22. The highest BCUT2D eigenvalue weighted by Crippen LogP contribution is 2.33. The van der Waals surface area contributed by atoms with Gasteiger partial charge in [-0.3, -0.25) is 9.59 Å². The fourth-order valence-electron chi connectivity index (χ4n) is 4.27. The van der Waals surface area contributed by atoms with Crippen LogP contribution in [0.15, 0.2) is 60.7 Å². The van der Waals surface area contributed by atoms with Crippen molar-refractivity contribution in [2.45, 2.75) is 25.4 Å². The van der Waals surface area contributed by atoms with Crippen molar-refractivity contribution in [2.75, 3.05) is 20.8 Å². The van der Waals surface area contributed by atoms with Crippen molar-refractivity contribution >= 4 is 35.0 Å². The van der Waals surface area contributed by atoms with Crippen LogP contribution in [0, 0.1) is 0 Å². The third kappa shape index (κ3) is 5.89. The minimum atomic E-state index is -0.760. The molecule has 35 heavy (non-hydrogen) atoms. The first-order valence-electron chi connectivity index (χ1n) is 11.2. The van der Waals surface area contributed by atoms with Crippen molar-refractivity contribution in [1.29, 1.82) is 0 Å². The van der Waals surface area contributed by atoms with E-state index in [2.05, 4.69) is 5.32 Å². The fourth-order valence-corrected chi connectivity index (χ4v) is 4.79. The number of fused-ring (bicyclic) bond motifs is 1. The molecule has 182 valence electrons. The standard InChI is InChI=1S/C27H26Cl2N2O4/c1-34-24-13-18-8-9-31(16-20(18)14-25(24)35-2)27(33)23(10-17-6-4-3-5-7-17)30-26(32)19-11-21(28)15-22(29)12-19/h3-7,11-15,23H,8-10,16H2,1-2H3,(H,30,32)/t23-/m0/s1. The van der Waals surface area contributed by atoms with E-state index in [0.29, 0.717) is 53.0 Å². The summed E-state index contributed by atoms with van der Waals surface area (Å²) in [5.74, 6) is 0.719. The number of halogens is 2. The lowest BCUT2D eigenvalue weighted by molar-refractivity contribution is -0.134. The predicted molar refractivity (Wildman–Crippen MR) is 137 cm³/mol. The number of hydrogen-bond donors (Lipinski definition) is 1. The number of benzene rings is 3. The number of carbonyl (C=O) groups is 2. The molecule has 0 bridgehead atoms. The summed E-state index contributed by atoms with van der Waals surface area (Å²) in [7, 11) is 3.19. The molecule has 0 aromatic heterocycles. The highest BCUT2D eigenvalue weighted by Gasteiger charge is 2.30. The summed E-state index contributed by atoms with van der Waals surface area (Å²) in [5, 5.41) is 3.61. The predicted octanol–water partition coefficient (Wildman–Crippen LogP) is 4.94. The first kappa shape index (κ1) is 24.9. The van der Waals surface area contributed by atoms with Gasteiger partial charge < -0.3 is 19.7 Å². The summed E-state index contributed by atoms with van der Waals surface area (Å²) in [6.45, 7) is 0.949. The quantitative estimate of drug-likeness (QED) is 0.486. The molecule has 4 rings (SSSR count). The Bertz CT molecular complexity index is 1210. The molecule has 1 atom stereocenters. The van der Waals surface area contributed by atoms with Crippen molar-refractivity contribution in [3.05, 3.63) is 93.0 Å². The van der Waals surface area contributed by atoms with E-state index in [1.54, 1.807) is 25.2 Å². The van der Waals surface area contributed by atoms with E-state index in [1.807, 2.05) is 42.5 Å². The second-order valence-corrected chi connectivity index (χ2v) is 9.23. The molecule has 2 amide bonds. The van der Waals surface area contributed by atoms with E-state index in [-0.39, 0.29) is 5.91 Å². The van der Waals surface area contributed by atoms with Crippen LogP contribution in [0.5, 0.6) is 11.5 Å². The highest BCUT2D eigenvalue weighted by atomic mass is 35.5. The number of ether oxygens (including phenoxy) is 2.